The minimum Gasteiger partial charge on any atom is -0.363 e. The van der Waals surface area contributed by atoms with Gasteiger partial charge in [-0.15, -0.1) is 0 Å². The molecular formula is C22H23F3N6O3. The number of nitrogens with one attached hydrogen (secondary N) is 2. The third-order valence-electron chi connectivity index (χ3n) is 5.25. The van der Waals surface area contributed by atoms with Crippen molar-refractivity contribution >= 4 is 17.4 Å². The van der Waals surface area contributed by atoms with Gasteiger partial charge >= 0.3 is 0 Å². The second-order valence-corrected chi connectivity index (χ2v) is 7.70. The van der Waals surface area contributed by atoms with Crippen molar-refractivity contribution in [1.29, 1.82) is 0 Å². The zero-order valence-corrected chi connectivity index (χ0v) is 18.5. The first-order valence-electron chi connectivity index (χ1n) is 10.5. The van der Waals surface area contributed by atoms with Gasteiger partial charge in [-0.2, -0.15) is 5.10 Å². The van der Waals surface area contributed by atoms with E-state index in [0.717, 1.165) is 6.07 Å². The summed E-state index contributed by atoms with van der Waals surface area (Å²) in [4.78, 5) is 21.1. The molecule has 4 rings (SSSR count). The van der Waals surface area contributed by atoms with Crippen molar-refractivity contribution in [1.82, 2.24) is 19.7 Å². The van der Waals surface area contributed by atoms with E-state index in [9.17, 15) is 18.0 Å². The Labute approximate surface area is 193 Å². The summed E-state index contributed by atoms with van der Waals surface area (Å²) in [6.07, 6.45) is 0.527. The number of rotatable bonds is 8. The van der Waals surface area contributed by atoms with E-state index in [-0.39, 0.29) is 23.7 Å². The molecule has 0 saturated carbocycles. The van der Waals surface area contributed by atoms with Crippen molar-refractivity contribution < 1.29 is 27.4 Å². The predicted molar refractivity (Wildman–Crippen MR) is 116 cm³/mol. The largest absolute Gasteiger partial charge is 0.363 e. The normalized spacial score (nSPS) is 15.0. The van der Waals surface area contributed by atoms with Crippen LogP contribution in [0.1, 0.15) is 48.1 Å². The van der Waals surface area contributed by atoms with E-state index in [0.29, 0.717) is 30.2 Å². The van der Waals surface area contributed by atoms with Crippen LogP contribution in [0.4, 0.5) is 24.7 Å². The summed E-state index contributed by atoms with van der Waals surface area (Å²) in [5, 5.41) is 9.78. The first kappa shape index (κ1) is 23.6. The quantitative estimate of drug-likeness (QED) is 0.511. The van der Waals surface area contributed by atoms with Crippen LogP contribution in [0, 0.1) is 5.82 Å². The Hall–Kier alpha value is -3.51. The van der Waals surface area contributed by atoms with Crippen LogP contribution >= 0.6 is 0 Å². The lowest BCUT2D eigenvalue weighted by molar-refractivity contribution is -0.115. The van der Waals surface area contributed by atoms with E-state index in [2.05, 4.69) is 25.7 Å². The molecule has 1 aliphatic heterocycles. The number of benzene rings is 1. The minimum atomic E-state index is -2.94. The molecular weight excluding hydrogens is 453 g/mol. The highest BCUT2D eigenvalue weighted by atomic mass is 19.3. The highest BCUT2D eigenvalue weighted by molar-refractivity contribution is 5.92. The minimum absolute atomic E-state index is 0.0477. The number of anilines is 2. The Kier molecular flexibility index (Phi) is 7.08. The molecule has 180 valence electrons. The van der Waals surface area contributed by atoms with E-state index in [4.69, 9.17) is 9.47 Å². The van der Waals surface area contributed by atoms with Crippen LogP contribution in [0.3, 0.4) is 0 Å². The molecule has 1 saturated heterocycles. The molecule has 1 atom stereocenters. The number of carbonyl (C=O) groups is 1. The molecule has 2 aromatic heterocycles. The Morgan fingerprint density at radius 1 is 1.24 bits per heavy atom. The zero-order chi connectivity index (χ0) is 24.2. The van der Waals surface area contributed by atoms with E-state index >= 15 is 0 Å². The number of aryl methyl sites for hydroxylation is 1. The molecule has 1 fully saturated rings. The summed E-state index contributed by atoms with van der Waals surface area (Å²) in [6.45, 7) is 2.28. The van der Waals surface area contributed by atoms with Gasteiger partial charge in [0, 0.05) is 18.8 Å². The molecule has 9 nitrogen and oxygen atoms in total. The van der Waals surface area contributed by atoms with Crippen LogP contribution in [0.15, 0.2) is 36.9 Å². The maximum absolute atomic E-state index is 14.7. The molecule has 0 radical (unpaired) electrons. The van der Waals surface area contributed by atoms with Gasteiger partial charge in [-0.25, -0.2) is 23.1 Å². The molecule has 0 unspecified atom stereocenters. The molecule has 1 amide bonds. The number of ether oxygens (including phenoxy) is 2. The van der Waals surface area contributed by atoms with E-state index in [1.165, 1.54) is 24.7 Å². The van der Waals surface area contributed by atoms with Crippen LogP contribution in [0.25, 0.3) is 0 Å². The van der Waals surface area contributed by atoms with Crippen LogP contribution in [-0.4, -0.2) is 38.9 Å². The molecule has 3 heterocycles. The fourth-order valence-corrected chi connectivity index (χ4v) is 3.66. The number of amides is 1. The van der Waals surface area contributed by atoms with Crippen molar-refractivity contribution in [2.75, 3.05) is 23.8 Å². The fourth-order valence-electron chi connectivity index (χ4n) is 3.66. The van der Waals surface area contributed by atoms with Crippen LogP contribution in [0.2, 0.25) is 0 Å². The first-order chi connectivity index (χ1) is 16.3. The average molecular weight is 476 g/mol. The maximum Gasteiger partial charge on any atom is 0.266 e. The number of halogens is 3. The van der Waals surface area contributed by atoms with E-state index < -0.39 is 30.1 Å². The summed E-state index contributed by atoms with van der Waals surface area (Å²) in [5.41, 5.74) is 0.631. The Bertz CT molecular complexity index is 1170. The summed E-state index contributed by atoms with van der Waals surface area (Å²) in [6, 6.07) is 3.11. The number of aromatic nitrogens is 4. The van der Waals surface area contributed by atoms with E-state index in [1.807, 2.05) is 0 Å². The van der Waals surface area contributed by atoms with Gasteiger partial charge in [0.1, 0.15) is 18.0 Å². The Morgan fingerprint density at radius 2 is 1.97 bits per heavy atom. The second kappa shape index (κ2) is 10.2. The Morgan fingerprint density at radius 3 is 2.65 bits per heavy atom. The van der Waals surface area contributed by atoms with Crippen LogP contribution < -0.4 is 10.6 Å². The molecule has 0 bridgehead atoms. The molecule has 1 aliphatic rings. The van der Waals surface area contributed by atoms with Crippen LogP contribution in [0.5, 0.6) is 0 Å². The van der Waals surface area contributed by atoms with Gasteiger partial charge in [-0.05, 0) is 6.92 Å². The summed E-state index contributed by atoms with van der Waals surface area (Å²) < 4.78 is 53.8. The second-order valence-electron chi connectivity index (χ2n) is 7.70. The van der Waals surface area contributed by atoms with Crippen LogP contribution in [-0.2, 0) is 27.7 Å². The SMILES string of the molecule is C[C@@H](Nc1ncnc(CC(=O)Nc2cnn(C)c2)c1C1OCCO1)c1cccc(C(F)F)c1F. The lowest BCUT2D eigenvalue weighted by Gasteiger charge is -2.22. The first-order valence-corrected chi connectivity index (χ1v) is 10.5. The number of alkyl halides is 2. The van der Waals surface area contributed by atoms with Crippen molar-refractivity contribution in [3.05, 3.63) is 65.1 Å². The number of nitrogens with zero attached hydrogens (tertiary/aromatic N) is 4. The van der Waals surface area contributed by atoms with Crippen molar-refractivity contribution in [2.24, 2.45) is 7.05 Å². The van der Waals surface area contributed by atoms with Gasteiger partial charge in [-0.1, -0.05) is 18.2 Å². The third kappa shape index (κ3) is 5.18. The van der Waals surface area contributed by atoms with Gasteiger partial charge in [-0.3, -0.25) is 9.48 Å². The third-order valence-corrected chi connectivity index (χ3v) is 5.25. The number of carbonyl (C=O) groups excluding carboxylic acids is 1. The zero-order valence-electron chi connectivity index (χ0n) is 18.5. The Balaban J connectivity index is 1.61. The monoisotopic (exact) mass is 476 g/mol. The van der Waals surface area contributed by atoms with Gasteiger partial charge in [0.15, 0.2) is 6.29 Å². The molecule has 1 aromatic carbocycles. The molecule has 12 heteroatoms. The van der Waals surface area contributed by atoms with Gasteiger partial charge in [0.2, 0.25) is 5.91 Å². The number of hydrogen-bond acceptors (Lipinski definition) is 7. The summed E-state index contributed by atoms with van der Waals surface area (Å²) >= 11 is 0. The highest BCUT2D eigenvalue weighted by Gasteiger charge is 2.29. The molecule has 2 N–H and O–H groups in total. The molecule has 3 aromatic rings. The lowest BCUT2D eigenvalue weighted by Crippen LogP contribution is -2.20. The van der Waals surface area contributed by atoms with Gasteiger partial charge in [0.05, 0.1) is 54.4 Å². The highest BCUT2D eigenvalue weighted by Crippen LogP contribution is 2.34. The summed E-state index contributed by atoms with van der Waals surface area (Å²) in [7, 11) is 1.73. The lowest BCUT2D eigenvalue weighted by atomic mass is 10.0. The maximum atomic E-state index is 14.7. The standard InChI is InChI=1S/C22H23F3N6O3/c1-12(14-4-3-5-15(19(14)23)20(24)25)29-21-18(22-33-6-7-34-22)16(26-11-27-21)8-17(32)30-13-9-28-31(2)10-13/h3-5,9-12,20,22H,6-8H2,1-2H3,(H,30,32)(H,26,27,29)/t12-/m1/s1. The van der Waals surface area contributed by atoms with Gasteiger partial charge < -0.3 is 20.1 Å². The van der Waals surface area contributed by atoms with Crippen molar-refractivity contribution in [3.63, 3.8) is 0 Å². The topological polar surface area (TPSA) is 103 Å². The van der Waals surface area contributed by atoms with Crippen molar-refractivity contribution in [2.45, 2.75) is 32.1 Å². The average Bonchev–Trinajstić information content (AvgIpc) is 3.45. The predicted octanol–water partition coefficient (Wildman–Crippen LogP) is 3.69. The van der Waals surface area contributed by atoms with Gasteiger partial charge in [0.25, 0.3) is 6.43 Å². The van der Waals surface area contributed by atoms with Crippen molar-refractivity contribution in [3.8, 4) is 0 Å². The molecule has 0 spiro atoms. The smallest absolute Gasteiger partial charge is 0.266 e. The fraction of sp³-hybridized carbons (Fsp3) is 0.364. The number of hydrogen-bond donors (Lipinski definition) is 2. The van der Waals surface area contributed by atoms with E-state index in [1.54, 1.807) is 24.9 Å². The molecule has 0 aliphatic carbocycles. The molecule has 34 heavy (non-hydrogen) atoms. The summed E-state index contributed by atoms with van der Waals surface area (Å²) in [5.74, 6) is -1.08.